The summed E-state index contributed by atoms with van der Waals surface area (Å²) in [5, 5.41) is 4.44. The van der Waals surface area contributed by atoms with Crippen molar-refractivity contribution >= 4 is 0 Å². The number of benzene rings is 1. The molecule has 0 unspecified atom stereocenters. The molecule has 1 saturated carbocycles. The van der Waals surface area contributed by atoms with E-state index in [9.17, 15) is 0 Å². The van der Waals surface area contributed by atoms with Crippen LogP contribution in [-0.4, -0.2) is 19.7 Å². The Morgan fingerprint density at radius 1 is 1.29 bits per heavy atom. The zero-order valence-electron chi connectivity index (χ0n) is 8.79. The highest BCUT2D eigenvalue weighted by Crippen LogP contribution is 2.45. The van der Waals surface area contributed by atoms with Crippen molar-refractivity contribution in [1.29, 1.82) is 0 Å². The van der Waals surface area contributed by atoms with Gasteiger partial charge in [0, 0.05) is 0 Å². The van der Waals surface area contributed by atoms with Crippen LogP contribution in [-0.2, 0) is 6.42 Å². The van der Waals surface area contributed by atoms with Gasteiger partial charge in [0.1, 0.15) is 5.75 Å². The first-order chi connectivity index (χ1) is 6.78. The highest BCUT2D eigenvalue weighted by atomic mass is 16.5. The van der Waals surface area contributed by atoms with E-state index < -0.39 is 0 Å². The van der Waals surface area contributed by atoms with Gasteiger partial charge in [-0.1, -0.05) is 25.0 Å². The average Bonchev–Trinajstić information content (AvgIpc) is 3.00. The van der Waals surface area contributed by atoms with Crippen molar-refractivity contribution in [2.45, 2.75) is 24.8 Å². The third-order valence-electron chi connectivity index (χ3n) is 2.99. The second kappa shape index (κ2) is 3.62. The van der Waals surface area contributed by atoms with E-state index in [2.05, 4.69) is 17.4 Å². The van der Waals surface area contributed by atoms with E-state index in [1.54, 1.807) is 7.11 Å². The summed E-state index contributed by atoms with van der Waals surface area (Å²) in [6, 6.07) is 8.29. The van der Waals surface area contributed by atoms with Gasteiger partial charge in [-0.05, 0) is 24.1 Å². The molecule has 0 radical (unpaired) electrons. The molecule has 2 nitrogen and oxygen atoms in total. The third kappa shape index (κ3) is 1.90. The lowest BCUT2D eigenvalue weighted by Crippen LogP contribution is -2.09. The van der Waals surface area contributed by atoms with Crippen LogP contribution in [0, 0.1) is 0 Å². The summed E-state index contributed by atoms with van der Waals surface area (Å²) in [7, 11) is 3.62. The lowest BCUT2D eigenvalue weighted by atomic mass is 10.0. The van der Waals surface area contributed by atoms with E-state index in [1.807, 2.05) is 19.2 Å². The molecule has 0 N–H and O–H groups in total. The highest BCUT2D eigenvalue weighted by molar-refractivity contribution is 5.31. The zero-order chi connectivity index (χ0) is 10.0. The van der Waals surface area contributed by atoms with Gasteiger partial charge in [-0.15, -0.1) is 5.54 Å². The molecule has 0 atom stereocenters. The van der Waals surface area contributed by atoms with Gasteiger partial charge >= 0.3 is 0 Å². The summed E-state index contributed by atoms with van der Waals surface area (Å²) >= 11 is 0. The van der Waals surface area contributed by atoms with Crippen LogP contribution in [0.4, 0.5) is 0 Å². The molecule has 1 aliphatic rings. The fraction of sp³-hybridized carbons (Fsp3) is 0.500. The van der Waals surface area contributed by atoms with Crippen LogP contribution in [0.1, 0.15) is 18.4 Å². The number of likely N-dealkylation sites (N-methyl/N-ethyl adjacent to an activating group) is 1. The first-order valence-electron chi connectivity index (χ1n) is 5.02. The maximum atomic E-state index is 5.12. The highest BCUT2D eigenvalue weighted by Gasteiger charge is 2.31. The van der Waals surface area contributed by atoms with Crippen molar-refractivity contribution in [3.05, 3.63) is 35.1 Å². The maximum Gasteiger partial charge on any atom is 0.118 e. The number of methoxy groups -OCH3 is 1. The molecule has 76 valence electrons. The topological polar surface area (TPSA) is 23.3 Å². The first-order valence-corrected chi connectivity index (χ1v) is 5.02. The standard InChI is InChI=1S/C12H16NO/c1-13-12(7-8-12)9-10-3-5-11(14-2)6-4-10/h3-6H,7-9H2,1-2H3/q-1. The molecular formula is C12H16NO-. The number of ether oxygens (including phenoxy) is 1. The molecule has 0 bridgehead atoms. The van der Waals surface area contributed by atoms with Crippen LogP contribution in [0.15, 0.2) is 24.3 Å². The van der Waals surface area contributed by atoms with Gasteiger partial charge in [0.2, 0.25) is 0 Å². The SMILES string of the molecule is C[N-]C1(Cc2ccc(OC)cc2)CC1. The fourth-order valence-corrected chi connectivity index (χ4v) is 1.75. The fourth-order valence-electron chi connectivity index (χ4n) is 1.75. The molecule has 0 aliphatic heterocycles. The van der Waals surface area contributed by atoms with Crippen LogP contribution < -0.4 is 4.74 Å². The monoisotopic (exact) mass is 190 g/mol. The molecule has 1 fully saturated rings. The largest absolute Gasteiger partial charge is 0.659 e. The van der Waals surface area contributed by atoms with Crippen molar-refractivity contribution < 1.29 is 4.74 Å². The van der Waals surface area contributed by atoms with Crippen LogP contribution in [0.3, 0.4) is 0 Å². The average molecular weight is 190 g/mol. The van der Waals surface area contributed by atoms with Crippen LogP contribution in [0.25, 0.3) is 5.32 Å². The minimum absolute atomic E-state index is 0.272. The summed E-state index contributed by atoms with van der Waals surface area (Å²) in [6.07, 6.45) is 3.57. The van der Waals surface area contributed by atoms with Gasteiger partial charge in [0.05, 0.1) is 7.11 Å². The van der Waals surface area contributed by atoms with Crippen molar-refractivity contribution in [3.8, 4) is 5.75 Å². The second-order valence-corrected chi connectivity index (χ2v) is 3.97. The third-order valence-corrected chi connectivity index (χ3v) is 2.99. The van der Waals surface area contributed by atoms with Gasteiger partial charge in [0.15, 0.2) is 0 Å². The summed E-state index contributed by atoms with van der Waals surface area (Å²) in [5.74, 6) is 0.923. The van der Waals surface area contributed by atoms with E-state index in [4.69, 9.17) is 4.74 Å². The van der Waals surface area contributed by atoms with Gasteiger partial charge < -0.3 is 10.1 Å². The van der Waals surface area contributed by atoms with Crippen molar-refractivity contribution in [2.75, 3.05) is 14.2 Å². The minimum Gasteiger partial charge on any atom is -0.659 e. The van der Waals surface area contributed by atoms with E-state index in [0.29, 0.717) is 0 Å². The molecular weight excluding hydrogens is 174 g/mol. The molecule has 0 amide bonds. The van der Waals surface area contributed by atoms with E-state index >= 15 is 0 Å². The Morgan fingerprint density at radius 3 is 2.36 bits per heavy atom. The number of nitrogens with zero attached hydrogens (tertiary/aromatic N) is 1. The molecule has 0 aromatic heterocycles. The van der Waals surface area contributed by atoms with Crippen molar-refractivity contribution in [3.63, 3.8) is 0 Å². The summed E-state index contributed by atoms with van der Waals surface area (Å²) in [4.78, 5) is 0. The molecule has 14 heavy (non-hydrogen) atoms. The Balaban J connectivity index is 2.03. The van der Waals surface area contributed by atoms with E-state index in [1.165, 1.54) is 18.4 Å². The number of hydrogen-bond acceptors (Lipinski definition) is 1. The molecule has 2 heteroatoms. The van der Waals surface area contributed by atoms with Crippen LogP contribution in [0.5, 0.6) is 5.75 Å². The summed E-state index contributed by atoms with van der Waals surface area (Å²) in [6.45, 7) is 0. The Hall–Kier alpha value is -1.02. The summed E-state index contributed by atoms with van der Waals surface area (Å²) in [5.41, 5.74) is 1.63. The minimum atomic E-state index is 0.272. The number of hydrogen-bond donors (Lipinski definition) is 0. The zero-order valence-corrected chi connectivity index (χ0v) is 8.79. The van der Waals surface area contributed by atoms with E-state index in [-0.39, 0.29) is 5.54 Å². The summed E-state index contributed by atoms with van der Waals surface area (Å²) < 4.78 is 5.12. The lowest BCUT2D eigenvalue weighted by Gasteiger charge is -2.27. The van der Waals surface area contributed by atoms with Gasteiger partial charge in [-0.25, -0.2) is 0 Å². The van der Waals surface area contributed by atoms with Crippen LogP contribution >= 0.6 is 0 Å². The smallest absolute Gasteiger partial charge is 0.118 e. The maximum absolute atomic E-state index is 5.12. The van der Waals surface area contributed by atoms with Gasteiger partial charge in [0.25, 0.3) is 0 Å². The van der Waals surface area contributed by atoms with Crippen molar-refractivity contribution in [2.24, 2.45) is 0 Å². The quantitative estimate of drug-likeness (QED) is 0.716. The van der Waals surface area contributed by atoms with Crippen LogP contribution in [0.2, 0.25) is 0 Å². The molecule has 2 rings (SSSR count). The molecule has 0 heterocycles. The first kappa shape index (κ1) is 9.53. The van der Waals surface area contributed by atoms with Gasteiger partial charge in [-0.2, -0.15) is 7.05 Å². The second-order valence-electron chi connectivity index (χ2n) is 3.97. The lowest BCUT2D eigenvalue weighted by molar-refractivity contribution is 0.414. The molecule has 1 aromatic rings. The van der Waals surface area contributed by atoms with E-state index in [0.717, 1.165) is 12.2 Å². The number of rotatable bonds is 4. The Kier molecular flexibility index (Phi) is 2.46. The van der Waals surface area contributed by atoms with Gasteiger partial charge in [-0.3, -0.25) is 0 Å². The van der Waals surface area contributed by atoms with Crippen molar-refractivity contribution in [1.82, 2.24) is 0 Å². The normalized spacial score (nSPS) is 17.9. The molecule has 1 aliphatic carbocycles. The Bertz CT molecular complexity index is 301. The Labute approximate surface area is 85.3 Å². The molecule has 1 aromatic carbocycles. The predicted molar refractivity (Wildman–Crippen MR) is 57.9 cm³/mol. The molecule has 0 saturated heterocycles. The Morgan fingerprint density at radius 2 is 1.93 bits per heavy atom. The predicted octanol–water partition coefficient (Wildman–Crippen LogP) is 2.77. The molecule has 0 spiro atoms.